The fourth-order valence-corrected chi connectivity index (χ4v) is 2.00. The lowest BCUT2D eigenvalue weighted by Crippen LogP contribution is -2.28. The Morgan fingerprint density at radius 1 is 1.57 bits per heavy atom. The minimum absolute atomic E-state index is 0.0950. The van der Waals surface area contributed by atoms with E-state index in [-0.39, 0.29) is 24.1 Å². The van der Waals surface area contributed by atoms with Gasteiger partial charge in [0.2, 0.25) is 0 Å². The maximum absolute atomic E-state index is 11.3. The molecule has 1 amide bonds. The number of fused-ring (bicyclic) bond motifs is 1. The first-order valence-electron chi connectivity index (χ1n) is 13.1. The highest BCUT2D eigenvalue weighted by Gasteiger charge is 2.22. The number of carbonyl (C=O) groups is 1. The molecule has 0 saturated carbocycles. The van der Waals surface area contributed by atoms with Gasteiger partial charge in [0.15, 0.2) is 0 Å². The third-order valence-corrected chi connectivity index (χ3v) is 2.91. The molecule has 1 fully saturated rings. The predicted molar refractivity (Wildman–Crippen MR) is 82.5 cm³/mol. The molecule has 1 aliphatic rings. The molecule has 5 heteroatoms. The zero-order valence-corrected chi connectivity index (χ0v) is 10.8. The number of nitrogens with one attached hydrogen (secondary N) is 2. The molecule has 0 bridgehead atoms. The number of benzene rings is 1. The molecule has 1 aliphatic heterocycles. The third kappa shape index (κ3) is 3.19. The van der Waals surface area contributed by atoms with E-state index in [4.69, 9.17) is 23.9 Å². The fourth-order valence-electron chi connectivity index (χ4n) is 2.00. The van der Waals surface area contributed by atoms with Crippen LogP contribution in [0.5, 0.6) is 0 Å². The molecule has 21 heavy (non-hydrogen) atoms. The monoisotopic (exact) mass is 301 g/mol. The van der Waals surface area contributed by atoms with E-state index >= 15 is 0 Å². The predicted octanol–water partition coefficient (Wildman–Crippen LogP) is 1.92. The van der Waals surface area contributed by atoms with Gasteiger partial charge in [-0.05, 0) is 50.0 Å². The molecule has 112 valence electrons. The van der Waals surface area contributed by atoms with Gasteiger partial charge >= 0.3 is 6.09 Å². The van der Waals surface area contributed by atoms with E-state index in [2.05, 4.69) is 10.3 Å². The van der Waals surface area contributed by atoms with Gasteiger partial charge in [-0.15, -0.1) is 0 Å². The van der Waals surface area contributed by atoms with Gasteiger partial charge in [0.25, 0.3) is 0 Å². The normalized spacial score (nSPS) is 30.5. The average Bonchev–Trinajstić information content (AvgIpc) is 3.23. The van der Waals surface area contributed by atoms with Gasteiger partial charge in [-0.3, -0.25) is 0 Å². The van der Waals surface area contributed by atoms with Crippen molar-refractivity contribution in [1.82, 2.24) is 15.2 Å². The molecule has 0 unspecified atom stereocenters. The number of rotatable bonds is 5. The SMILES string of the molecule is [2H]c1[nH]c2c([2H])c([2H])c(C[C@H]3COC(=O)N3)c([2H])c2c1C([2H])([2H])C([2H])([2H])N(C([2H])([2H])[2H])C([2H])([2H])[2H]. The third-order valence-electron chi connectivity index (χ3n) is 2.91. The highest BCUT2D eigenvalue weighted by atomic mass is 16.6. The molecule has 1 aromatic heterocycles. The zero-order chi connectivity index (χ0) is 26.9. The van der Waals surface area contributed by atoms with E-state index < -0.39 is 79.1 Å². The van der Waals surface area contributed by atoms with Gasteiger partial charge in [0, 0.05) is 37.3 Å². The first kappa shape index (κ1) is 5.02. The number of H-pyrrole nitrogens is 1. The number of carbonyl (C=O) groups excluding carboxylic acids is 1. The van der Waals surface area contributed by atoms with Crippen LogP contribution in [0.3, 0.4) is 0 Å². The maximum atomic E-state index is 11.3. The van der Waals surface area contributed by atoms with E-state index in [1.165, 1.54) is 0 Å². The summed E-state index contributed by atoms with van der Waals surface area (Å²) in [5.41, 5.74) is -1.34. The van der Waals surface area contributed by atoms with Crippen molar-refractivity contribution in [2.45, 2.75) is 18.8 Å². The Morgan fingerprint density at radius 3 is 3.24 bits per heavy atom. The number of ether oxygens (including phenoxy) is 1. The van der Waals surface area contributed by atoms with Crippen molar-refractivity contribution in [3.8, 4) is 0 Å². The lowest BCUT2D eigenvalue weighted by atomic mass is 10.0. The Hall–Kier alpha value is -2.01. The summed E-state index contributed by atoms with van der Waals surface area (Å²) in [7, 11) is 0. The summed E-state index contributed by atoms with van der Waals surface area (Å²) in [5.74, 6) is 0. The minimum atomic E-state index is -3.75. The Kier molecular flexibility index (Phi) is 1.38. The second-order valence-corrected chi connectivity index (χ2v) is 4.44. The number of alkyl carbamates (subject to hydrolysis) is 1. The molecule has 0 spiro atoms. The number of hydrogen-bond acceptors (Lipinski definition) is 3. The topological polar surface area (TPSA) is 57.4 Å². The van der Waals surface area contributed by atoms with Gasteiger partial charge in [-0.1, -0.05) is 6.04 Å². The lowest BCUT2D eigenvalue weighted by molar-refractivity contribution is 0.177. The van der Waals surface area contributed by atoms with Crippen LogP contribution in [0.1, 0.15) is 30.3 Å². The van der Waals surface area contributed by atoms with E-state index in [0.29, 0.717) is 0 Å². The molecule has 2 heterocycles. The molecule has 1 aromatic carbocycles. The van der Waals surface area contributed by atoms with E-state index in [0.717, 1.165) is 0 Å². The molecular weight excluding hydrogens is 266 g/mol. The van der Waals surface area contributed by atoms with Crippen LogP contribution in [-0.4, -0.2) is 49.1 Å². The van der Waals surface area contributed by atoms with Gasteiger partial charge in [-0.2, -0.15) is 0 Å². The van der Waals surface area contributed by atoms with Crippen LogP contribution in [-0.2, 0) is 17.5 Å². The number of aromatic nitrogens is 1. The number of nitrogens with zero attached hydrogens (tertiary/aromatic N) is 1. The first-order valence-corrected chi connectivity index (χ1v) is 6.08. The Balaban J connectivity index is 2.28. The fraction of sp³-hybridized carbons (Fsp3) is 0.438. The molecule has 0 aliphatic carbocycles. The molecule has 3 rings (SSSR count). The molecule has 1 saturated heterocycles. The summed E-state index contributed by atoms with van der Waals surface area (Å²) < 4.78 is 117. The van der Waals surface area contributed by atoms with Crippen LogP contribution in [0.2, 0.25) is 0 Å². The number of cyclic esters (lactones) is 1. The summed E-state index contributed by atoms with van der Waals surface area (Å²) in [5, 5.41) is 1.98. The standard InChI is InChI=1S/C16H21N3O2/c1-19(2)6-5-12-9-17-15-4-3-11(8-14(12)15)7-13-10-21-16(20)18-13/h3-4,8-9,13,17H,5-7,10H2,1-2H3,(H,18,20)/t13-/m0/s1/i1D3,2D3,3D,4D,5D2,6D2,8D,9D. The van der Waals surface area contributed by atoms with Crippen molar-refractivity contribution in [2.24, 2.45) is 0 Å². The van der Waals surface area contributed by atoms with Gasteiger partial charge < -0.3 is 19.9 Å². The van der Waals surface area contributed by atoms with E-state index in [1.54, 1.807) is 0 Å². The second-order valence-electron chi connectivity index (χ2n) is 4.44. The molecule has 0 radical (unpaired) electrons. The van der Waals surface area contributed by atoms with Gasteiger partial charge in [-0.25, -0.2) is 4.79 Å². The van der Waals surface area contributed by atoms with Crippen LogP contribution in [0.4, 0.5) is 4.79 Å². The van der Waals surface area contributed by atoms with E-state index in [9.17, 15) is 4.79 Å². The second kappa shape index (κ2) is 5.77. The van der Waals surface area contributed by atoms with Gasteiger partial charge in [0.05, 0.1) is 11.5 Å². The number of aromatic amines is 1. The van der Waals surface area contributed by atoms with Crippen molar-refractivity contribution in [3.63, 3.8) is 0 Å². The summed E-state index contributed by atoms with van der Waals surface area (Å²) >= 11 is 0. The van der Waals surface area contributed by atoms with E-state index in [1.807, 2.05) is 0 Å². The lowest BCUT2D eigenvalue weighted by Gasteiger charge is -2.09. The number of hydrogen-bond donors (Lipinski definition) is 2. The van der Waals surface area contributed by atoms with Crippen LogP contribution in [0.15, 0.2) is 24.3 Å². The highest BCUT2D eigenvalue weighted by molar-refractivity contribution is 5.84. The van der Waals surface area contributed by atoms with Crippen molar-refractivity contribution in [2.75, 3.05) is 27.1 Å². The van der Waals surface area contributed by atoms with Crippen LogP contribution >= 0.6 is 0 Å². The van der Waals surface area contributed by atoms with Crippen molar-refractivity contribution < 1.29 is 28.7 Å². The van der Waals surface area contributed by atoms with Crippen molar-refractivity contribution >= 4 is 17.0 Å². The minimum Gasteiger partial charge on any atom is -0.447 e. The Morgan fingerprint density at radius 2 is 2.48 bits per heavy atom. The molecule has 2 N–H and O–H groups in total. The number of likely N-dealkylation sites (N-methyl/N-ethyl adjacent to an activating group) is 1. The quantitative estimate of drug-likeness (QED) is 0.887. The molecule has 2 aromatic rings. The Labute approximate surface area is 143 Å². The molecular formula is C16H21N3O2. The molecule has 1 atom stereocenters. The average molecular weight is 301 g/mol. The van der Waals surface area contributed by atoms with Crippen LogP contribution in [0, 0.1) is 0 Å². The first-order chi connectivity index (χ1) is 15.7. The summed E-state index contributed by atoms with van der Waals surface area (Å²) in [6, 6.07) is -2.22. The smallest absolute Gasteiger partial charge is 0.407 e. The van der Waals surface area contributed by atoms with Crippen molar-refractivity contribution in [1.29, 1.82) is 0 Å². The highest BCUT2D eigenvalue weighted by Crippen LogP contribution is 2.21. The van der Waals surface area contributed by atoms with Gasteiger partial charge in [0.1, 0.15) is 6.61 Å². The largest absolute Gasteiger partial charge is 0.447 e. The Bertz CT molecular complexity index is 1160. The van der Waals surface area contributed by atoms with Crippen molar-refractivity contribution in [3.05, 3.63) is 35.4 Å². The summed E-state index contributed by atoms with van der Waals surface area (Å²) in [4.78, 5) is 13.1. The summed E-state index contributed by atoms with van der Waals surface area (Å²) in [6.07, 6.45) is -5.22. The number of aryl methyl sites for hydroxylation is 1. The zero-order valence-electron chi connectivity index (χ0n) is 24.8. The molecule has 5 nitrogen and oxygen atoms in total. The maximum Gasteiger partial charge on any atom is 0.407 e. The van der Waals surface area contributed by atoms with Crippen LogP contribution < -0.4 is 5.32 Å². The number of amides is 1. The van der Waals surface area contributed by atoms with Crippen LogP contribution in [0.25, 0.3) is 10.9 Å². The summed E-state index contributed by atoms with van der Waals surface area (Å²) in [6.45, 7) is -11.1.